The molecule has 0 aliphatic heterocycles. The molecule has 0 aromatic carbocycles. The molecule has 3 rings (SSSR count). The van der Waals surface area contributed by atoms with E-state index in [2.05, 4.69) is 20.3 Å². The van der Waals surface area contributed by atoms with Crippen LogP contribution in [-0.4, -0.2) is 26.9 Å². The summed E-state index contributed by atoms with van der Waals surface area (Å²) in [6.45, 7) is 0. The smallest absolute Gasteiger partial charge is 0.369 e. The molecule has 2 heterocycles. The Morgan fingerprint density at radius 1 is 1.19 bits per heavy atom. The zero-order valence-corrected chi connectivity index (χ0v) is 13.8. The molecule has 2 aromatic rings. The van der Waals surface area contributed by atoms with Crippen molar-refractivity contribution in [3.05, 3.63) is 36.2 Å². The highest BCUT2D eigenvalue weighted by Gasteiger charge is 2.35. The van der Waals surface area contributed by atoms with E-state index in [-0.39, 0.29) is 23.4 Å². The summed E-state index contributed by atoms with van der Waals surface area (Å²) >= 11 is 0. The minimum absolute atomic E-state index is 0.00567. The number of aromatic nitrogens is 3. The van der Waals surface area contributed by atoms with Crippen LogP contribution in [0.3, 0.4) is 0 Å². The van der Waals surface area contributed by atoms with Crippen LogP contribution in [-0.2, 0) is 11.0 Å². The van der Waals surface area contributed by atoms with E-state index in [1.807, 2.05) is 0 Å². The third-order valence-electron chi connectivity index (χ3n) is 4.38. The first kappa shape index (κ1) is 18.1. The molecule has 2 unspecified atom stereocenters. The van der Waals surface area contributed by atoms with E-state index in [9.17, 15) is 18.0 Å². The third-order valence-corrected chi connectivity index (χ3v) is 4.38. The van der Waals surface area contributed by atoms with Crippen LogP contribution in [0, 0.1) is 5.92 Å². The van der Waals surface area contributed by atoms with Gasteiger partial charge in [0.15, 0.2) is 11.5 Å². The molecule has 3 N–H and O–H groups in total. The number of rotatable bonds is 4. The quantitative estimate of drug-likeness (QED) is 0.869. The number of carbonyl (C=O) groups excluding carboxylic acids is 1. The number of carbonyl (C=O) groups is 1. The van der Waals surface area contributed by atoms with Crippen molar-refractivity contribution >= 4 is 11.7 Å². The Hall–Kier alpha value is -2.71. The molecule has 2 atom stereocenters. The van der Waals surface area contributed by atoms with Crippen LogP contribution in [0.1, 0.15) is 31.4 Å². The number of nitrogens with zero attached hydrogens (tertiary/aromatic N) is 3. The maximum Gasteiger partial charge on any atom is 0.433 e. The fourth-order valence-electron chi connectivity index (χ4n) is 3.11. The van der Waals surface area contributed by atoms with Crippen LogP contribution in [0.25, 0.3) is 11.5 Å². The molecule has 2 aromatic heterocycles. The van der Waals surface area contributed by atoms with Crippen molar-refractivity contribution in [1.29, 1.82) is 0 Å². The number of amides is 1. The fourth-order valence-corrected chi connectivity index (χ4v) is 3.11. The highest BCUT2D eigenvalue weighted by molar-refractivity contribution is 5.78. The van der Waals surface area contributed by atoms with Crippen molar-refractivity contribution in [1.82, 2.24) is 15.0 Å². The Morgan fingerprint density at radius 3 is 2.62 bits per heavy atom. The maximum absolute atomic E-state index is 13.2. The summed E-state index contributed by atoms with van der Waals surface area (Å²) in [5.74, 6) is -1.02. The predicted octanol–water partition coefficient (Wildman–Crippen LogP) is 3.01. The molecule has 1 amide bonds. The number of anilines is 1. The minimum Gasteiger partial charge on any atom is -0.369 e. The molecule has 1 aliphatic carbocycles. The SMILES string of the molecule is NC(=O)C1CCCCC1Nc1cc(C(F)(F)F)nc(-c2ccccn2)n1. The monoisotopic (exact) mass is 365 g/mol. The predicted molar refractivity (Wildman–Crippen MR) is 88.8 cm³/mol. The largest absolute Gasteiger partial charge is 0.433 e. The summed E-state index contributed by atoms with van der Waals surface area (Å²) in [6, 6.07) is 5.32. The van der Waals surface area contributed by atoms with Gasteiger partial charge in [0, 0.05) is 18.3 Å². The van der Waals surface area contributed by atoms with Crippen LogP contribution in [0.5, 0.6) is 0 Å². The lowest BCUT2D eigenvalue weighted by Gasteiger charge is -2.30. The van der Waals surface area contributed by atoms with Gasteiger partial charge in [0.2, 0.25) is 5.91 Å². The number of alkyl halides is 3. The topological polar surface area (TPSA) is 93.8 Å². The third kappa shape index (κ3) is 4.09. The average molecular weight is 365 g/mol. The molecule has 1 aliphatic rings. The van der Waals surface area contributed by atoms with Gasteiger partial charge < -0.3 is 11.1 Å². The van der Waals surface area contributed by atoms with Crippen molar-refractivity contribution in [2.45, 2.75) is 37.9 Å². The van der Waals surface area contributed by atoms with Gasteiger partial charge in [-0.15, -0.1) is 0 Å². The second-order valence-corrected chi connectivity index (χ2v) is 6.22. The maximum atomic E-state index is 13.2. The standard InChI is InChI=1S/C17H18F3N5O/c18-17(19,20)13-9-14(23-11-6-2-1-5-10(11)15(21)26)25-16(24-13)12-7-3-4-8-22-12/h3-4,7-11H,1-2,5-6H2,(H2,21,26)(H,23,24,25). The molecule has 1 saturated carbocycles. The Morgan fingerprint density at radius 2 is 1.96 bits per heavy atom. The Bertz CT molecular complexity index is 782. The normalized spacial score (nSPS) is 20.6. The lowest BCUT2D eigenvalue weighted by atomic mass is 9.84. The van der Waals surface area contributed by atoms with Crippen molar-refractivity contribution in [2.24, 2.45) is 11.7 Å². The molecular formula is C17H18F3N5O. The van der Waals surface area contributed by atoms with Crippen molar-refractivity contribution < 1.29 is 18.0 Å². The van der Waals surface area contributed by atoms with E-state index in [1.165, 1.54) is 12.3 Å². The second kappa shape index (κ2) is 7.27. The van der Waals surface area contributed by atoms with Gasteiger partial charge in [-0.2, -0.15) is 13.2 Å². The van der Waals surface area contributed by atoms with Crippen LogP contribution >= 0.6 is 0 Å². The fraction of sp³-hybridized carbons (Fsp3) is 0.412. The Labute approximate surface area is 148 Å². The van der Waals surface area contributed by atoms with E-state index < -0.39 is 23.7 Å². The number of hydrogen-bond donors (Lipinski definition) is 2. The molecule has 9 heteroatoms. The van der Waals surface area contributed by atoms with E-state index in [1.54, 1.807) is 12.1 Å². The molecule has 0 spiro atoms. The number of hydrogen-bond acceptors (Lipinski definition) is 5. The van der Waals surface area contributed by atoms with Gasteiger partial charge in [-0.05, 0) is 25.0 Å². The molecule has 6 nitrogen and oxygen atoms in total. The van der Waals surface area contributed by atoms with Crippen LogP contribution in [0.15, 0.2) is 30.5 Å². The van der Waals surface area contributed by atoms with Crippen molar-refractivity contribution in [2.75, 3.05) is 5.32 Å². The number of nitrogens with two attached hydrogens (primary N) is 1. The number of halogens is 3. The zero-order chi connectivity index (χ0) is 18.7. The summed E-state index contributed by atoms with van der Waals surface area (Å²) in [5, 5.41) is 2.96. The molecule has 138 valence electrons. The van der Waals surface area contributed by atoms with Gasteiger partial charge in [-0.1, -0.05) is 18.9 Å². The summed E-state index contributed by atoms with van der Waals surface area (Å²) in [5.41, 5.74) is 4.60. The minimum atomic E-state index is -4.63. The lowest BCUT2D eigenvalue weighted by Crippen LogP contribution is -2.40. The number of primary amides is 1. The van der Waals surface area contributed by atoms with Gasteiger partial charge in [-0.25, -0.2) is 9.97 Å². The lowest BCUT2D eigenvalue weighted by molar-refractivity contribution is -0.141. The van der Waals surface area contributed by atoms with Gasteiger partial charge in [0.1, 0.15) is 11.5 Å². The van der Waals surface area contributed by atoms with Gasteiger partial charge >= 0.3 is 6.18 Å². The summed E-state index contributed by atoms with van der Waals surface area (Å²) < 4.78 is 39.7. The highest BCUT2D eigenvalue weighted by Crippen LogP contribution is 2.32. The molecular weight excluding hydrogens is 347 g/mol. The van der Waals surface area contributed by atoms with Gasteiger partial charge in [-0.3, -0.25) is 9.78 Å². The number of pyridine rings is 1. The van der Waals surface area contributed by atoms with E-state index >= 15 is 0 Å². The van der Waals surface area contributed by atoms with Crippen LogP contribution in [0.4, 0.5) is 19.0 Å². The molecule has 26 heavy (non-hydrogen) atoms. The van der Waals surface area contributed by atoms with Crippen LogP contribution < -0.4 is 11.1 Å². The van der Waals surface area contributed by atoms with E-state index in [4.69, 9.17) is 5.73 Å². The van der Waals surface area contributed by atoms with Crippen LogP contribution in [0.2, 0.25) is 0 Å². The molecule has 0 radical (unpaired) electrons. The summed E-state index contributed by atoms with van der Waals surface area (Å²) in [4.78, 5) is 23.4. The average Bonchev–Trinajstić information content (AvgIpc) is 2.62. The van der Waals surface area contributed by atoms with Gasteiger partial charge in [0.05, 0.1) is 5.92 Å². The Balaban J connectivity index is 1.96. The zero-order valence-electron chi connectivity index (χ0n) is 13.8. The first-order chi connectivity index (χ1) is 12.3. The molecule has 1 fully saturated rings. The van der Waals surface area contributed by atoms with Gasteiger partial charge in [0.25, 0.3) is 0 Å². The van der Waals surface area contributed by atoms with Crippen molar-refractivity contribution in [3.8, 4) is 11.5 Å². The van der Waals surface area contributed by atoms with E-state index in [0.717, 1.165) is 18.9 Å². The first-order valence-electron chi connectivity index (χ1n) is 8.28. The van der Waals surface area contributed by atoms with E-state index in [0.29, 0.717) is 12.8 Å². The van der Waals surface area contributed by atoms with Crippen molar-refractivity contribution in [3.63, 3.8) is 0 Å². The first-order valence-corrected chi connectivity index (χ1v) is 8.28. The summed E-state index contributed by atoms with van der Waals surface area (Å²) in [7, 11) is 0. The molecule has 0 saturated heterocycles. The second-order valence-electron chi connectivity index (χ2n) is 6.22. The number of nitrogens with one attached hydrogen (secondary N) is 1. The highest BCUT2D eigenvalue weighted by atomic mass is 19.4. The Kier molecular flexibility index (Phi) is 5.06. The summed E-state index contributed by atoms with van der Waals surface area (Å²) in [6.07, 6.45) is -0.196. The molecule has 0 bridgehead atoms.